The molecule has 7 unspecified atom stereocenters. The van der Waals surface area contributed by atoms with Crippen molar-refractivity contribution in [2.45, 2.75) is 196 Å². The van der Waals surface area contributed by atoms with Crippen molar-refractivity contribution in [3.63, 3.8) is 0 Å². The van der Waals surface area contributed by atoms with Gasteiger partial charge in [-0.3, -0.25) is 32.7 Å². The summed E-state index contributed by atoms with van der Waals surface area (Å²) in [4.78, 5) is 48.8. The minimum Gasteiger partial charge on any atom is -0.462 e. The number of hydrogen-bond acceptors (Lipinski definition) is 26. The van der Waals surface area contributed by atoms with Gasteiger partial charge in [-0.05, 0) is 45.4 Å². The number of amides is 1. The first-order valence-corrected chi connectivity index (χ1v) is 26.4. The summed E-state index contributed by atoms with van der Waals surface area (Å²) in [6, 6.07) is 0. The van der Waals surface area contributed by atoms with E-state index in [0.29, 0.717) is 19.3 Å². The second-order valence-corrected chi connectivity index (χ2v) is 19.7. The van der Waals surface area contributed by atoms with Gasteiger partial charge in [-0.15, -0.1) is 0 Å². The van der Waals surface area contributed by atoms with E-state index in [1.54, 1.807) is 0 Å². The third-order valence-corrected chi connectivity index (χ3v) is 13.5. The molecule has 0 spiro atoms. The summed E-state index contributed by atoms with van der Waals surface area (Å²) in [7, 11) is -3.04. The summed E-state index contributed by atoms with van der Waals surface area (Å²) >= 11 is 0. The molecule has 0 bridgehead atoms. The predicted molar refractivity (Wildman–Crippen MR) is 251 cm³/mol. The van der Waals surface area contributed by atoms with Crippen molar-refractivity contribution in [2.24, 2.45) is 0 Å². The Labute approximate surface area is 429 Å². The number of carbonyl (C=O) groups excluding carboxylic acids is 4. The van der Waals surface area contributed by atoms with Crippen LogP contribution in [0.5, 0.6) is 0 Å². The van der Waals surface area contributed by atoms with Gasteiger partial charge in [0, 0.05) is 46.3 Å². The van der Waals surface area contributed by atoms with Crippen molar-refractivity contribution >= 4 is 31.5 Å². The number of aliphatic hydroxyl groups excluding tert-OH is 10. The van der Waals surface area contributed by atoms with Crippen molar-refractivity contribution in [1.29, 1.82) is 0 Å². The van der Waals surface area contributed by atoms with Crippen LogP contribution >= 0.6 is 7.82 Å². The van der Waals surface area contributed by atoms with Crippen LogP contribution in [-0.2, 0) is 75.2 Å². The minimum atomic E-state index is -4.14. The van der Waals surface area contributed by atoms with E-state index in [4.69, 9.17) is 51.5 Å². The maximum Gasteiger partial charge on any atom is 0.474 e. The van der Waals surface area contributed by atoms with E-state index in [1.807, 2.05) is 13.0 Å². The van der Waals surface area contributed by atoms with Crippen LogP contribution < -0.4 is 5.32 Å². The Bertz CT molecular complexity index is 1710. The number of carbonyl (C=O) groups is 4. The number of ether oxygens (including phenoxy) is 8. The van der Waals surface area contributed by atoms with Gasteiger partial charge in [0.1, 0.15) is 85.6 Å². The maximum absolute atomic E-state index is 13.0. The van der Waals surface area contributed by atoms with Crippen LogP contribution in [0.3, 0.4) is 0 Å². The molecule has 3 fully saturated rings. The van der Waals surface area contributed by atoms with Gasteiger partial charge in [-0.2, -0.15) is 0 Å². The molecule has 74 heavy (non-hydrogen) atoms. The standard InChI is InChI=1S/C46H80NO26P/c1-4-5-6-7-8-9-10-11-18-34(54)68-29(25-65-27(2)51)26-67-74(62,63-3)66-20-14-16-28(52)15-12-13-17-33(53)47-19-21-64-44-40(60)37(57)42(31(23-49)70-44)73-46-41(61)38(58)43(32(24-50)71-46)72-45-39(59)36(56)35(55)30(22-48)69-45/h4-5,29-32,35-46,48-50,55-61H,6-26H2,1-3H3,(H,47,53)/b5-4-/t29-,30?,31?,32?,35-,36-,37+,38+,39?,40?,41?,42+,43-,44+,45+,46-,74?/m0/s1. The largest absolute Gasteiger partial charge is 0.474 e. The Hall–Kier alpha value is -2.71. The fourth-order valence-corrected chi connectivity index (χ4v) is 8.92. The van der Waals surface area contributed by atoms with Crippen molar-refractivity contribution in [2.75, 3.05) is 59.9 Å². The summed E-state index contributed by atoms with van der Waals surface area (Å²) in [6.45, 7) is -0.558. The molecule has 11 N–H and O–H groups in total. The van der Waals surface area contributed by atoms with Crippen molar-refractivity contribution in [3.05, 3.63) is 12.2 Å². The Kier molecular flexibility index (Phi) is 31.0. The van der Waals surface area contributed by atoms with Gasteiger partial charge in [0.25, 0.3) is 0 Å². The summed E-state index contributed by atoms with van der Waals surface area (Å²) in [5.41, 5.74) is 0. The van der Waals surface area contributed by atoms with E-state index in [2.05, 4.69) is 11.4 Å². The highest BCUT2D eigenvalue weighted by Crippen LogP contribution is 2.49. The highest BCUT2D eigenvalue weighted by Gasteiger charge is 2.53. The lowest BCUT2D eigenvalue weighted by molar-refractivity contribution is -0.379. The Morgan fingerprint density at radius 3 is 1.77 bits per heavy atom. The van der Waals surface area contributed by atoms with E-state index >= 15 is 0 Å². The number of unbranched alkanes of at least 4 members (excludes halogenated alkanes) is 6. The highest BCUT2D eigenvalue weighted by molar-refractivity contribution is 7.48. The number of phosphoric acid groups is 1. The van der Waals surface area contributed by atoms with Gasteiger partial charge < -0.3 is 94.3 Å². The van der Waals surface area contributed by atoms with Crippen molar-refractivity contribution in [1.82, 2.24) is 5.32 Å². The molecule has 0 aromatic rings. The lowest BCUT2D eigenvalue weighted by atomic mass is 9.96. The number of rotatable bonds is 36. The van der Waals surface area contributed by atoms with Gasteiger partial charge in [0.05, 0.1) is 39.6 Å². The molecule has 28 heteroatoms. The van der Waals surface area contributed by atoms with Gasteiger partial charge in [-0.1, -0.05) is 31.4 Å². The Balaban J connectivity index is 1.32. The first kappa shape index (κ1) is 65.6. The number of Topliss-reactive ketones (excluding diaryl/α,β-unsaturated/α-hetero) is 1. The lowest BCUT2D eigenvalue weighted by Crippen LogP contribution is -2.66. The summed E-state index contributed by atoms with van der Waals surface area (Å²) in [5, 5.41) is 106. The third kappa shape index (κ3) is 22.0. The molecule has 0 saturated carbocycles. The number of aliphatic hydroxyl groups is 10. The van der Waals surface area contributed by atoms with Crippen LogP contribution in [0.15, 0.2) is 12.2 Å². The number of hydrogen-bond donors (Lipinski definition) is 11. The molecular weight excluding hydrogens is 1010 g/mol. The maximum atomic E-state index is 13.0. The number of phosphoric ester groups is 1. The Morgan fingerprint density at radius 1 is 0.622 bits per heavy atom. The van der Waals surface area contributed by atoms with Crippen LogP contribution in [0, 0.1) is 0 Å². The fraction of sp³-hybridized carbons (Fsp3) is 0.870. The fourth-order valence-electron chi connectivity index (χ4n) is 7.93. The molecule has 3 rings (SSSR count). The second kappa shape index (κ2) is 34.9. The number of allylic oxidation sites excluding steroid dienone is 2. The molecule has 0 aromatic heterocycles. The average Bonchev–Trinajstić information content (AvgIpc) is 3.38. The molecule has 0 aromatic carbocycles. The zero-order valence-corrected chi connectivity index (χ0v) is 43.1. The summed E-state index contributed by atoms with van der Waals surface area (Å²) < 4.78 is 72.2. The van der Waals surface area contributed by atoms with Gasteiger partial charge in [0.2, 0.25) is 5.91 Å². The lowest BCUT2D eigenvalue weighted by Gasteiger charge is -2.48. The molecule has 3 heterocycles. The second-order valence-electron chi connectivity index (χ2n) is 17.9. The molecule has 3 aliphatic heterocycles. The molecule has 1 amide bonds. The van der Waals surface area contributed by atoms with E-state index in [0.717, 1.165) is 39.2 Å². The van der Waals surface area contributed by atoms with Crippen LogP contribution in [0.1, 0.15) is 97.3 Å². The molecule has 3 aliphatic rings. The third-order valence-electron chi connectivity index (χ3n) is 12.1. The highest BCUT2D eigenvalue weighted by atomic mass is 31.2. The van der Waals surface area contributed by atoms with Gasteiger partial charge >= 0.3 is 19.8 Å². The van der Waals surface area contributed by atoms with Crippen LogP contribution in [0.2, 0.25) is 0 Å². The number of nitrogens with one attached hydrogen (secondary N) is 1. The molecule has 27 nitrogen and oxygen atoms in total. The van der Waals surface area contributed by atoms with E-state index < -0.39 is 144 Å². The van der Waals surface area contributed by atoms with E-state index in [-0.39, 0.29) is 70.2 Å². The number of ketones is 1. The van der Waals surface area contributed by atoms with E-state index in [9.17, 15) is 74.8 Å². The van der Waals surface area contributed by atoms with Crippen molar-refractivity contribution < 1.29 is 126 Å². The first-order valence-electron chi connectivity index (χ1n) is 25.0. The molecule has 0 aliphatic carbocycles. The van der Waals surface area contributed by atoms with Crippen molar-refractivity contribution in [3.8, 4) is 0 Å². The topological polar surface area (TPSA) is 401 Å². The monoisotopic (exact) mass is 1090 g/mol. The summed E-state index contributed by atoms with van der Waals surface area (Å²) in [5.74, 6) is -1.65. The number of esters is 2. The Morgan fingerprint density at radius 2 is 1.16 bits per heavy atom. The minimum absolute atomic E-state index is 0.0598. The molecule has 0 radical (unpaired) electrons. The molecular formula is C46H80NO26P. The smallest absolute Gasteiger partial charge is 0.462 e. The van der Waals surface area contributed by atoms with Crippen LogP contribution in [0.25, 0.3) is 0 Å². The van der Waals surface area contributed by atoms with Gasteiger partial charge in [-0.25, -0.2) is 4.57 Å². The quantitative estimate of drug-likeness (QED) is 0.0141. The average molecular weight is 1090 g/mol. The molecule has 430 valence electrons. The zero-order valence-electron chi connectivity index (χ0n) is 42.2. The molecule has 17 atom stereocenters. The zero-order chi connectivity index (χ0) is 54.8. The summed E-state index contributed by atoms with van der Waals surface area (Å²) in [6.07, 6.45) is -15.8. The van der Waals surface area contributed by atoms with E-state index in [1.165, 1.54) is 6.92 Å². The first-order chi connectivity index (χ1) is 35.3. The predicted octanol–water partition coefficient (Wildman–Crippen LogP) is -1.95. The normalized spacial score (nSPS) is 31.7. The van der Waals surface area contributed by atoms with Crippen LogP contribution in [-0.4, -0.2) is 233 Å². The molecule has 3 saturated heterocycles. The van der Waals surface area contributed by atoms with Crippen LogP contribution in [0.4, 0.5) is 0 Å². The van der Waals surface area contributed by atoms with Gasteiger partial charge in [0.15, 0.2) is 25.0 Å². The SMILES string of the molecule is C/C=C\CCCCCCCC(=O)O[C@@H](COC(C)=O)COP(=O)(OC)OCCCC(=O)CCCCC(=O)NCCO[C@@H]1OC(CO)[C@@H](O[C@@H]2OC(CO)[C@H](O[C@H]3OC(CO)[C@H](O)[C@H](O)C3O)[C@H](O)C2O)[C@H](O)C1O.